The second-order valence-electron chi connectivity index (χ2n) is 4.24. The molecule has 2 rings (SSSR count). The lowest BCUT2D eigenvalue weighted by Crippen LogP contribution is -2.27. The van der Waals surface area contributed by atoms with E-state index in [1.807, 2.05) is 4.68 Å². The van der Waals surface area contributed by atoms with E-state index in [1.54, 1.807) is 0 Å². The van der Waals surface area contributed by atoms with Crippen LogP contribution in [-0.2, 0) is 0 Å². The fourth-order valence-electron chi connectivity index (χ4n) is 1.83. The van der Waals surface area contributed by atoms with E-state index in [9.17, 15) is 0 Å². The van der Waals surface area contributed by atoms with E-state index >= 15 is 0 Å². The van der Waals surface area contributed by atoms with Gasteiger partial charge < -0.3 is 5.32 Å². The molecule has 1 aromatic rings. The van der Waals surface area contributed by atoms with Crippen LogP contribution >= 0.6 is 0 Å². The standard InChI is InChI=1S/C10H19N5/c1-3-7-11-8(2)10-12-13-14-15(10)9-5-4-6-9/h8-9,11H,3-7H2,1-2H3. The van der Waals surface area contributed by atoms with Crippen molar-refractivity contribution in [2.24, 2.45) is 0 Å². The molecule has 0 saturated heterocycles. The Morgan fingerprint density at radius 1 is 1.53 bits per heavy atom. The number of nitrogens with one attached hydrogen (secondary N) is 1. The molecule has 1 heterocycles. The highest BCUT2D eigenvalue weighted by Gasteiger charge is 2.25. The van der Waals surface area contributed by atoms with Crippen LogP contribution in [-0.4, -0.2) is 26.8 Å². The fraction of sp³-hybridized carbons (Fsp3) is 0.900. The van der Waals surface area contributed by atoms with Crippen molar-refractivity contribution >= 4 is 0 Å². The quantitative estimate of drug-likeness (QED) is 0.797. The lowest BCUT2D eigenvalue weighted by atomic mass is 9.93. The maximum atomic E-state index is 4.11. The summed E-state index contributed by atoms with van der Waals surface area (Å²) in [5.74, 6) is 0.980. The first-order valence-corrected chi connectivity index (χ1v) is 5.84. The van der Waals surface area contributed by atoms with Crippen molar-refractivity contribution < 1.29 is 0 Å². The summed E-state index contributed by atoms with van der Waals surface area (Å²) < 4.78 is 2.00. The average molecular weight is 209 g/mol. The molecule has 0 amide bonds. The molecule has 0 bridgehead atoms. The molecule has 0 spiro atoms. The van der Waals surface area contributed by atoms with E-state index in [4.69, 9.17) is 0 Å². The molecule has 1 aliphatic rings. The van der Waals surface area contributed by atoms with Crippen LogP contribution in [0.25, 0.3) is 0 Å². The summed E-state index contributed by atoms with van der Waals surface area (Å²) >= 11 is 0. The van der Waals surface area contributed by atoms with E-state index < -0.39 is 0 Å². The predicted molar refractivity (Wildman–Crippen MR) is 57.4 cm³/mol. The molecular formula is C10H19N5. The van der Waals surface area contributed by atoms with Crippen molar-refractivity contribution in [1.29, 1.82) is 0 Å². The third-order valence-electron chi connectivity index (χ3n) is 3.03. The smallest absolute Gasteiger partial charge is 0.168 e. The van der Waals surface area contributed by atoms with Crippen LogP contribution in [0.15, 0.2) is 0 Å². The Morgan fingerprint density at radius 2 is 2.33 bits per heavy atom. The van der Waals surface area contributed by atoms with Gasteiger partial charge in [0.25, 0.3) is 0 Å². The number of nitrogens with zero attached hydrogens (tertiary/aromatic N) is 4. The summed E-state index contributed by atoms with van der Waals surface area (Å²) in [5.41, 5.74) is 0. The summed E-state index contributed by atoms with van der Waals surface area (Å²) in [6.07, 6.45) is 4.88. The van der Waals surface area contributed by atoms with E-state index in [-0.39, 0.29) is 6.04 Å². The largest absolute Gasteiger partial charge is 0.307 e. The minimum atomic E-state index is 0.251. The molecule has 5 nitrogen and oxygen atoms in total. The maximum Gasteiger partial charge on any atom is 0.168 e. The molecule has 1 aliphatic carbocycles. The first-order chi connectivity index (χ1) is 7.33. The Balaban J connectivity index is 2.02. The molecule has 0 aliphatic heterocycles. The minimum Gasteiger partial charge on any atom is -0.307 e. The zero-order valence-corrected chi connectivity index (χ0v) is 9.48. The molecule has 84 valence electrons. The number of hydrogen-bond acceptors (Lipinski definition) is 4. The molecule has 1 N–H and O–H groups in total. The fourth-order valence-corrected chi connectivity index (χ4v) is 1.83. The Hall–Kier alpha value is -0.970. The maximum absolute atomic E-state index is 4.11. The van der Waals surface area contributed by atoms with Crippen LogP contribution in [0.2, 0.25) is 0 Å². The van der Waals surface area contributed by atoms with Gasteiger partial charge in [-0.1, -0.05) is 6.92 Å². The predicted octanol–water partition coefficient (Wildman–Crippen LogP) is 1.46. The minimum absolute atomic E-state index is 0.251. The van der Waals surface area contributed by atoms with Gasteiger partial charge in [-0.05, 0) is 49.6 Å². The van der Waals surface area contributed by atoms with Crippen molar-refractivity contribution in [3.63, 3.8) is 0 Å². The number of tetrazole rings is 1. The van der Waals surface area contributed by atoms with E-state index in [1.165, 1.54) is 19.3 Å². The van der Waals surface area contributed by atoms with Gasteiger partial charge in [0.15, 0.2) is 5.82 Å². The molecular weight excluding hydrogens is 190 g/mol. The van der Waals surface area contributed by atoms with Gasteiger partial charge in [0.05, 0.1) is 12.1 Å². The monoisotopic (exact) mass is 209 g/mol. The van der Waals surface area contributed by atoms with Gasteiger partial charge in [0, 0.05) is 0 Å². The normalized spacial score (nSPS) is 18.8. The van der Waals surface area contributed by atoms with Crippen molar-refractivity contribution in [2.45, 2.75) is 51.6 Å². The van der Waals surface area contributed by atoms with Crippen molar-refractivity contribution in [2.75, 3.05) is 6.54 Å². The molecule has 0 radical (unpaired) electrons. The van der Waals surface area contributed by atoms with Crippen molar-refractivity contribution in [3.05, 3.63) is 5.82 Å². The van der Waals surface area contributed by atoms with Crippen molar-refractivity contribution in [3.8, 4) is 0 Å². The third-order valence-corrected chi connectivity index (χ3v) is 3.03. The van der Waals surface area contributed by atoms with Crippen LogP contribution in [0.4, 0.5) is 0 Å². The zero-order valence-electron chi connectivity index (χ0n) is 9.48. The number of hydrogen-bond donors (Lipinski definition) is 1. The summed E-state index contributed by atoms with van der Waals surface area (Å²) in [7, 11) is 0. The molecule has 1 aromatic heterocycles. The van der Waals surface area contributed by atoms with Gasteiger partial charge in [-0.2, -0.15) is 0 Å². The molecule has 5 heteroatoms. The van der Waals surface area contributed by atoms with Gasteiger partial charge in [-0.15, -0.1) is 5.10 Å². The summed E-state index contributed by atoms with van der Waals surface area (Å²) in [6.45, 7) is 5.30. The van der Waals surface area contributed by atoms with E-state index in [0.29, 0.717) is 6.04 Å². The van der Waals surface area contributed by atoms with Crippen molar-refractivity contribution in [1.82, 2.24) is 25.5 Å². The van der Waals surface area contributed by atoms with E-state index in [2.05, 4.69) is 34.7 Å². The summed E-state index contributed by atoms with van der Waals surface area (Å²) in [4.78, 5) is 0. The lowest BCUT2D eigenvalue weighted by molar-refractivity contribution is 0.271. The van der Waals surface area contributed by atoms with Crippen LogP contribution in [0.3, 0.4) is 0 Å². The second-order valence-corrected chi connectivity index (χ2v) is 4.24. The second kappa shape index (κ2) is 4.70. The number of aromatic nitrogens is 4. The van der Waals surface area contributed by atoms with E-state index in [0.717, 1.165) is 18.8 Å². The molecule has 1 saturated carbocycles. The van der Waals surface area contributed by atoms with Crippen LogP contribution in [0.1, 0.15) is 57.4 Å². The molecule has 1 atom stereocenters. The number of rotatable bonds is 5. The molecule has 0 aromatic carbocycles. The molecule has 1 fully saturated rings. The average Bonchev–Trinajstić information content (AvgIpc) is 2.60. The molecule has 1 unspecified atom stereocenters. The lowest BCUT2D eigenvalue weighted by Gasteiger charge is -2.27. The van der Waals surface area contributed by atoms with Crippen LogP contribution in [0.5, 0.6) is 0 Å². The van der Waals surface area contributed by atoms with Gasteiger partial charge in [-0.25, -0.2) is 4.68 Å². The Labute approximate surface area is 90.2 Å². The van der Waals surface area contributed by atoms with Gasteiger partial charge in [0.2, 0.25) is 0 Å². The highest BCUT2D eigenvalue weighted by Crippen LogP contribution is 2.32. The molecule has 15 heavy (non-hydrogen) atoms. The first-order valence-electron chi connectivity index (χ1n) is 5.84. The summed E-state index contributed by atoms with van der Waals surface area (Å²) in [5, 5.41) is 15.4. The van der Waals surface area contributed by atoms with Gasteiger partial charge >= 0.3 is 0 Å². The third kappa shape index (κ3) is 2.17. The Bertz CT molecular complexity index is 305. The highest BCUT2D eigenvalue weighted by atomic mass is 15.6. The van der Waals surface area contributed by atoms with Crippen LogP contribution < -0.4 is 5.32 Å². The van der Waals surface area contributed by atoms with Gasteiger partial charge in [-0.3, -0.25) is 0 Å². The SMILES string of the molecule is CCCNC(C)c1nnnn1C1CCC1. The van der Waals surface area contributed by atoms with Gasteiger partial charge in [0.1, 0.15) is 0 Å². The zero-order chi connectivity index (χ0) is 10.7. The topological polar surface area (TPSA) is 55.6 Å². The van der Waals surface area contributed by atoms with Crippen LogP contribution in [0, 0.1) is 0 Å². The highest BCUT2D eigenvalue weighted by molar-refractivity contribution is 4.93. The Morgan fingerprint density at radius 3 is 2.93 bits per heavy atom. The Kier molecular flexibility index (Phi) is 3.30. The first kappa shape index (κ1) is 10.5. The summed E-state index contributed by atoms with van der Waals surface area (Å²) in [6, 6.07) is 0.793.